The van der Waals surface area contributed by atoms with Gasteiger partial charge in [-0.3, -0.25) is 9.59 Å². The summed E-state index contributed by atoms with van der Waals surface area (Å²) >= 11 is 0. The highest BCUT2D eigenvalue weighted by Crippen LogP contribution is 2.26. The molecule has 378 valence electrons. The number of ether oxygens (including phenoxy) is 6. The summed E-state index contributed by atoms with van der Waals surface area (Å²) in [6, 6.07) is 0. The van der Waals surface area contributed by atoms with E-state index in [1.54, 1.807) is 0 Å². The Kier molecular flexibility index (Phi) is 34.3. The van der Waals surface area contributed by atoms with Crippen LogP contribution in [0.3, 0.4) is 0 Å². The van der Waals surface area contributed by atoms with Crippen LogP contribution >= 0.6 is 0 Å². The largest absolute Gasteiger partial charge is 0.462 e. The average molecular weight is 921 g/mol. The molecule has 0 bridgehead atoms. The first-order valence-electron chi connectivity index (χ1n) is 25.6. The third-order valence-electron chi connectivity index (χ3n) is 12.6. The Morgan fingerprint density at radius 2 is 0.797 bits per heavy atom. The van der Waals surface area contributed by atoms with Gasteiger partial charge >= 0.3 is 11.9 Å². The van der Waals surface area contributed by atoms with Gasteiger partial charge in [-0.2, -0.15) is 0 Å². The third kappa shape index (κ3) is 25.6. The second-order valence-electron chi connectivity index (χ2n) is 18.4. The third-order valence-corrected chi connectivity index (χ3v) is 12.6. The molecular formula is C49H92O15. The van der Waals surface area contributed by atoms with Gasteiger partial charge in [-0.05, 0) is 12.8 Å². The van der Waals surface area contributed by atoms with E-state index in [1.807, 2.05) is 0 Å². The Hall–Kier alpha value is -1.50. The SMILES string of the molecule is CCCCCCCCCCCCCCCCC(=O)OC[C@H](CO[C@@H]1O[C@H](CO[C@H]2O[C@H](CO)[C@H](O)C(O)C2O)[C@H](O)C(O)C1O)OC(=O)CCCCCCCCCCCCCCCC. The number of unbranched alkanes of at least 4 members (excludes halogenated alkanes) is 26. The molecular weight excluding hydrogens is 829 g/mol. The van der Waals surface area contributed by atoms with Crippen molar-refractivity contribution in [2.24, 2.45) is 0 Å². The van der Waals surface area contributed by atoms with E-state index < -0.39 is 92.7 Å². The van der Waals surface area contributed by atoms with Crippen LogP contribution in [0, 0.1) is 0 Å². The monoisotopic (exact) mass is 921 g/mol. The molecule has 0 aromatic heterocycles. The number of esters is 2. The number of rotatable bonds is 40. The van der Waals surface area contributed by atoms with Crippen molar-refractivity contribution in [1.82, 2.24) is 0 Å². The summed E-state index contributed by atoms with van der Waals surface area (Å²) in [6.07, 6.45) is 17.0. The molecule has 15 nitrogen and oxygen atoms in total. The number of aliphatic hydroxyl groups is 7. The minimum atomic E-state index is -1.76. The van der Waals surface area contributed by atoms with Crippen molar-refractivity contribution in [2.75, 3.05) is 26.4 Å². The molecule has 2 heterocycles. The highest BCUT2D eigenvalue weighted by Gasteiger charge is 2.47. The van der Waals surface area contributed by atoms with Gasteiger partial charge < -0.3 is 64.2 Å². The average Bonchev–Trinajstić information content (AvgIpc) is 3.29. The van der Waals surface area contributed by atoms with Crippen LogP contribution in [-0.4, -0.2) is 142 Å². The topological polar surface area (TPSA) is 231 Å². The van der Waals surface area contributed by atoms with Crippen LogP contribution in [-0.2, 0) is 38.0 Å². The van der Waals surface area contributed by atoms with Gasteiger partial charge in [-0.15, -0.1) is 0 Å². The lowest BCUT2D eigenvalue weighted by atomic mass is 9.98. The molecule has 0 saturated carbocycles. The lowest BCUT2D eigenvalue weighted by molar-refractivity contribution is -0.332. The van der Waals surface area contributed by atoms with Gasteiger partial charge in [0.1, 0.15) is 55.4 Å². The summed E-state index contributed by atoms with van der Waals surface area (Å²) in [5, 5.41) is 72.0. The van der Waals surface area contributed by atoms with Crippen LogP contribution < -0.4 is 0 Å². The summed E-state index contributed by atoms with van der Waals surface area (Å²) < 4.78 is 33.6. The fourth-order valence-corrected chi connectivity index (χ4v) is 8.34. The lowest BCUT2D eigenvalue weighted by Gasteiger charge is -2.42. The van der Waals surface area contributed by atoms with Crippen LogP contribution in [0.25, 0.3) is 0 Å². The number of hydrogen-bond acceptors (Lipinski definition) is 15. The van der Waals surface area contributed by atoms with Gasteiger partial charge in [0.05, 0.1) is 19.8 Å². The zero-order chi connectivity index (χ0) is 46.8. The molecule has 64 heavy (non-hydrogen) atoms. The molecule has 4 unspecified atom stereocenters. The van der Waals surface area contributed by atoms with E-state index in [1.165, 1.54) is 128 Å². The first kappa shape index (κ1) is 58.6. The van der Waals surface area contributed by atoms with E-state index in [0.29, 0.717) is 12.8 Å². The van der Waals surface area contributed by atoms with Crippen molar-refractivity contribution >= 4 is 11.9 Å². The van der Waals surface area contributed by atoms with Gasteiger partial charge in [0.25, 0.3) is 0 Å². The fourth-order valence-electron chi connectivity index (χ4n) is 8.34. The van der Waals surface area contributed by atoms with Gasteiger partial charge in [0.2, 0.25) is 0 Å². The maximum absolute atomic E-state index is 13.0. The molecule has 11 atom stereocenters. The van der Waals surface area contributed by atoms with E-state index >= 15 is 0 Å². The summed E-state index contributed by atoms with van der Waals surface area (Å²) in [4.78, 5) is 25.7. The van der Waals surface area contributed by atoms with Gasteiger partial charge in [0.15, 0.2) is 18.7 Å². The molecule has 0 aromatic rings. The molecule has 0 radical (unpaired) electrons. The molecule has 2 aliphatic rings. The van der Waals surface area contributed by atoms with Gasteiger partial charge in [-0.25, -0.2) is 0 Å². The maximum atomic E-state index is 13.0. The molecule has 2 fully saturated rings. The summed E-state index contributed by atoms with van der Waals surface area (Å²) in [7, 11) is 0. The van der Waals surface area contributed by atoms with Crippen molar-refractivity contribution in [2.45, 2.75) is 274 Å². The van der Waals surface area contributed by atoms with E-state index in [4.69, 9.17) is 28.4 Å². The first-order chi connectivity index (χ1) is 31.0. The van der Waals surface area contributed by atoms with E-state index in [-0.39, 0.29) is 26.1 Å². The standard InChI is InChI=1S/C49H92O15/c1-3-5-7-9-11-13-15-17-19-21-23-25-27-29-31-40(51)59-34-37(62-41(52)32-30-28-26-24-22-20-18-16-14-12-10-8-6-4-2)35-60-48-47(58)45(56)43(54)39(64-48)36-61-49-46(57)44(55)42(53)38(33-50)63-49/h37-39,42-50,53-58H,3-36H2,1-2H3/t37-,38-,39-,42+,43+,44?,45?,46?,47?,48-,49+/m1/s1. The van der Waals surface area contributed by atoms with Crippen molar-refractivity contribution in [1.29, 1.82) is 0 Å². The summed E-state index contributed by atoms with van der Waals surface area (Å²) in [6.45, 7) is 2.62. The van der Waals surface area contributed by atoms with Crippen molar-refractivity contribution in [3.05, 3.63) is 0 Å². The lowest BCUT2D eigenvalue weighted by Crippen LogP contribution is -2.61. The molecule has 15 heteroatoms. The summed E-state index contributed by atoms with van der Waals surface area (Å²) in [5.41, 5.74) is 0. The molecule has 0 amide bonds. The Bertz CT molecular complexity index is 1130. The Morgan fingerprint density at radius 1 is 0.438 bits per heavy atom. The van der Waals surface area contributed by atoms with Crippen LogP contribution in [0.4, 0.5) is 0 Å². The smallest absolute Gasteiger partial charge is 0.306 e. The van der Waals surface area contributed by atoms with Crippen molar-refractivity contribution in [3.8, 4) is 0 Å². The fraction of sp³-hybridized carbons (Fsp3) is 0.959. The molecule has 2 saturated heterocycles. The minimum absolute atomic E-state index is 0.173. The van der Waals surface area contributed by atoms with E-state index in [2.05, 4.69) is 13.8 Å². The predicted octanol–water partition coefficient (Wildman–Crippen LogP) is 6.82. The Balaban J connectivity index is 1.81. The zero-order valence-electron chi connectivity index (χ0n) is 39.8. The van der Waals surface area contributed by atoms with Crippen molar-refractivity contribution < 1.29 is 73.8 Å². The van der Waals surface area contributed by atoms with Gasteiger partial charge in [0, 0.05) is 12.8 Å². The predicted molar refractivity (Wildman–Crippen MR) is 243 cm³/mol. The van der Waals surface area contributed by atoms with E-state index in [0.717, 1.165) is 38.5 Å². The number of aliphatic hydroxyl groups excluding tert-OH is 7. The summed E-state index contributed by atoms with van der Waals surface area (Å²) in [5.74, 6) is -0.910. The van der Waals surface area contributed by atoms with Crippen molar-refractivity contribution in [3.63, 3.8) is 0 Å². The first-order valence-corrected chi connectivity index (χ1v) is 25.6. The molecule has 2 rings (SSSR count). The van der Waals surface area contributed by atoms with Crippen LogP contribution in [0.15, 0.2) is 0 Å². The normalized spacial score (nSPS) is 26.5. The molecule has 7 N–H and O–H groups in total. The molecule has 2 aliphatic heterocycles. The molecule has 0 aliphatic carbocycles. The van der Waals surface area contributed by atoms with Crippen LogP contribution in [0.1, 0.15) is 206 Å². The van der Waals surface area contributed by atoms with Crippen LogP contribution in [0.5, 0.6) is 0 Å². The maximum Gasteiger partial charge on any atom is 0.306 e. The number of carbonyl (C=O) groups excluding carboxylic acids is 2. The zero-order valence-corrected chi connectivity index (χ0v) is 39.8. The van der Waals surface area contributed by atoms with Gasteiger partial charge in [-0.1, -0.05) is 181 Å². The minimum Gasteiger partial charge on any atom is -0.462 e. The highest BCUT2D eigenvalue weighted by molar-refractivity contribution is 5.70. The Morgan fingerprint density at radius 3 is 1.22 bits per heavy atom. The number of hydrogen-bond donors (Lipinski definition) is 7. The second-order valence-corrected chi connectivity index (χ2v) is 18.4. The molecule has 0 aromatic carbocycles. The second kappa shape index (κ2) is 37.5. The number of carbonyl (C=O) groups is 2. The highest BCUT2D eigenvalue weighted by atomic mass is 16.7. The quantitative estimate of drug-likeness (QED) is 0.0247. The van der Waals surface area contributed by atoms with Crippen LogP contribution in [0.2, 0.25) is 0 Å². The Labute approximate surface area is 385 Å². The molecule has 0 spiro atoms. The van der Waals surface area contributed by atoms with E-state index in [9.17, 15) is 45.3 Å².